The first kappa shape index (κ1) is 16.9. The molecule has 2 aromatic rings. The van der Waals surface area contributed by atoms with Gasteiger partial charge in [-0.1, -0.05) is 12.1 Å². The number of ketones is 1. The molecular formula is C20H20O5. The topological polar surface area (TPSA) is 54.0 Å². The fourth-order valence-corrected chi connectivity index (χ4v) is 2.49. The molecule has 2 aromatic carbocycles. The van der Waals surface area contributed by atoms with E-state index in [1.54, 1.807) is 24.3 Å². The van der Waals surface area contributed by atoms with Crippen molar-refractivity contribution in [3.63, 3.8) is 0 Å². The summed E-state index contributed by atoms with van der Waals surface area (Å²) in [6.45, 7) is 5.14. The van der Waals surface area contributed by atoms with Crippen LogP contribution in [0.3, 0.4) is 0 Å². The molecular weight excluding hydrogens is 320 g/mol. The van der Waals surface area contributed by atoms with Gasteiger partial charge in [-0.05, 0) is 55.8 Å². The Hall–Kier alpha value is -2.95. The van der Waals surface area contributed by atoms with Gasteiger partial charge in [0.15, 0.2) is 28.8 Å². The maximum absolute atomic E-state index is 12.4. The average Bonchev–Trinajstić information content (AvgIpc) is 3.09. The van der Waals surface area contributed by atoms with E-state index in [1.165, 1.54) is 6.08 Å². The van der Waals surface area contributed by atoms with E-state index in [-0.39, 0.29) is 12.6 Å². The number of carbonyl (C=O) groups is 1. The number of hydrogen-bond donors (Lipinski definition) is 0. The Bertz CT molecular complexity index is 795. The molecule has 0 aliphatic carbocycles. The lowest BCUT2D eigenvalue weighted by Crippen LogP contribution is -1.98. The fraction of sp³-hybridized carbons (Fsp3) is 0.250. The molecule has 1 aliphatic heterocycles. The summed E-state index contributed by atoms with van der Waals surface area (Å²) < 4.78 is 21.7. The van der Waals surface area contributed by atoms with Crippen LogP contribution in [0.15, 0.2) is 42.5 Å². The van der Waals surface area contributed by atoms with Gasteiger partial charge in [-0.3, -0.25) is 4.79 Å². The monoisotopic (exact) mass is 340 g/mol. The Morgan fingerprint density at radius 2 is 1.76 bits per heavy atom. The molecule has 5 nitrogen and oxygen atoms in total. The predicted molar refractivity (Wildman–Crippen MR) is 94.7 cm³/mol. The van der Waals surface area contributed by atoms with Crippen molar-refractivity contribution in [1.29, 1.82) is 0 Å². The zero-order valence-electron chi connectivity index (χ0n) is 14.3. The molecule has 5 heteroatoms. The molecule has 0 bridgehead atoms. The Kier molecular flexibility index (Phi) is 5.23. The van der Waals surface area contributed by atoms with Crippen molar-refractivity contribution in [2.24, 2.45) is 0 Å². The lowest BCUT2D eigenvalue weighted by Gasteiger charge is -2.11. The summed E-state index contributed by atoms with van der Waals surface area (Å²) in [6.07, 6.45) is 3.29. The minimum absolute atomic E-state index is 0.106. The highest BCUT2D eigenvalue weighted by Gasteiger charge is 2.15. The Morgan fingerprint density at radius 1 is 1.00 bits per heavy atom. The predicted octanol–water partition coefficient (Wildman–Crippen LogP) is 4.11. The summed E-state index contributed by atoms with van der Waals surface area (Å²) in [7, 11) is 0. The van der Waals surface area contributed by atoms with Crippen molar-refractivity contribution < 1.29 is 23.7 Å². The van der Waals surface area contributed by atoms with Crippen LogP contribution < -0.4 is 18.9 Å². The first-order valence-corrected chi connectivity index (χ1v) is 8.23. The van der Waals surface area contributed by atoms with E-state index in [0.717, 1.165) is 5.56 Å². The van der Waals surface area contributed by atoms with Crippen molar-refractivity contribution in [2.45, 2.75) is 13.8 Å². The summed E-state index contributed by atoms with van der Waals surface area (Å²) in [5.74, 6) is 2.52. The van der Waals surface area contributed by atoms with Gasteiger partial charge < -0.3 is 18.9 Å². The molecule has 1 heterocycles. The molecule has 0 atom stereocenters. The average molecular weight is 340 g/mol. The molecule has 0 saturated heterocycles. The van der Waals surface area contributed by atoms with Crippen LogP contribution in [0.2, 0.25) is 0 Å². The van der Waals surface area contributed by atoms with Gasteiger partial charge in [0.05, 0.1) is 13.2 Å². The van der Waals surface area contributed by atoms with E-state index >= 15 is 0 Å². The summed E-state index contributed by atoms with van der Waals surface area (Å²) in [5, 5.41) is 0. The molecule has 0 saturated carbocycles. The fourth-order valence-electron chi connectivity index (χ4n) is 2.49. The number of carbonyl (C=O) groups excluding carboxylic acids is 1. The molecule has 0 fully saturated rings. The van der Waals surface area contributed by atoms with Crippen LogP contribution >= 0.6 is 0 Å². The second kappa shape index (κ2) is 7.75. The molecule has 3 rings (SSSR count). The highest BCUT2D eigenvalue weighted by atomic mass is 16.7. The van der Waals surface area contributed by atoms with E-state index in [1.807, 2.05) is 32.0 Å². The number of allylic oxidation sites excluding steroid dienone is 1. The standard InChI is InChI=1S/C20H20O5/c1-3-22-17-9-6-14(11-19(17)23-4-2)5-8-16(21)15-7-10-18-20(12-15)25-13-24-18/h5-12H,3-4,13H2,1-2H3/b8-5+. The molecule has 0 radical (unpaired) electrons. The quantitative estimate of drug-likeness (QED) is 0.561. The number of benzene rings is 2. The molecule has 0 aromatic heterocycles. The number of fused-ring (bicyclic) bond motifs is 1. The molecule has 0 N–H and O–H groups in total. The van der Waals surface area contributed by atoms with Crippen molar-refractivity contribution in [2.75, 3.05) is 20.0 Å². The summed E-state index contributed by atoms with van der Waals surface area (Å²) >= 11 is 0. The number of hydrogen-bond acceptors (Lipinski definition) is 5. The van der Waals surface area contributed by atoms with Crippen LogP contribution in [0.1, 0.15) is 29.8 Å². The van der Waals surface area contributed by atoms with Crippen molar-refractivity contribution in [3.8, 4) is 23.0 Å². The van der Waals surface area contributed by atoms with Gasteiger partial charge in [-0.25, -0.2) is 0 Å². The largest absolute Gasteiger partial charge is 0.490 e. The van der Waals surface area contributed by atoms with Gasteiger partial charge in [-0.15, -0.1) is 0 Å². The third-order valence-electron chi connectivity index (χ3n) is 3.65. The van der Waals surface area contributed by atoms with Gasteiger partial charge in [0, 0.05) is 5.56 Å². The molecule has 1 aliphatic rings. The van der Waals surface area contributed by atoms with E-state index < -0.39 is 0 Å². The number of rotatable bonds is 7. The molecule has 0 amide bonds. The first-order valence-electron chi connectivity index (χ1n) is 8.23. The van der Waals surface area contributed by atoms with Crippen LogP contribution in [0.5, 0.6) is 23.0 Å². The van der Waals surface area contributed by atoms with Gasteiger partial charge in [0.1, 0.15) is 0 Å². The second-order valence-corrected chi connectivity index (χ2v) is 5.34. The van der Waals surface area contributed by atoms with E-state index in [9.17, 15) is 4.79 Å². The Labute approximate surface area is 146 Å². The maximum Gasteiger partial charge on any atom is 0.231 e. The van der Waals surface area contributed by atoms with E-state index in [0.29, 0.717) is 41.8 Å². The van der Waals surface area contributed by atoms with Crippen molar-refractivity contribution in [3.05, 3.63) is 53.6 Å². The molecule has 130 valence electrons. The Balaban J connectivity index is 1.76. The molecule has 0 unspecified atom stereocenters. The summed E-state index contributed by atoms with van der Waals surface area (Å²) in [4.78, 5) is 12.4. The van der Waals surface area contributed by atoms with E-state index in [4.69, 9.17) is 18.9 Å². The van der Waals surface area contributed by atoms with Gasteiger partial charge in [-0.2, -0.15) is 0 Å². The molecule has 25 heavy (non-hydrogen) atoms. The second-order valence-electron chi connectivity index (χ2n) is 5.34. The number of ether oxygens (including phenoxy) is 4. The van der Waals surface area contributed by atoms with Gasteiger partial charge in [0.25, 0.3) is 0 Å². The van der Waals surface area contributed by atoms with E-state index in [2.05, 4.69) is 0 Å². The van der Waals surface area contributed by atoms with Crippen LogP contribution in [-0.2, 0) is 0 Å². The Morgan fingerprint density at radius 3 is 2.56 bits per heavy atom. The normalized spacial score (nSPS) is 12.4. The third-order valence-corrected chi connectivity index (χ3v) is 3.65. The highest BCUT2D eigenvalue weighted by Crippen LogP contribution is 2.33. The van der Waals surface area contributed by atoms with Crippen LogP contribution in [0.25, 0.3) is 6.08 Å². The summed E-state index contributed by atoms with van der Waals surface area (Å²) in [6, 6.07) is 10.8. The minimum atomic E-state index is -0.106. The van der Waals surface area contributed by atoms with Crippen molar-refractivity contribution in [1.82, 2.24) is 0 Å². The zero-order chi connectivity index (χ0) is 17.6. The minimum Gasteiger partial charge on any atom is -0.490 e. The zero-order valence-corrected chi connectivity index (χ0v) is 14.3. The van der Waals surface area contributed by atoms with Gasteiger partial charge in [0.2, 0.25) is 6.79 Å². The van der Waals surface area contributed by atoms with Crippen LogP contribution in [0, 0.1) is 0 Å². The van der Waals surface area contributed by atoms with Crippen LogP contribution in [0.4, 0.5) is 0 Å². The smallest absolute Gasteiger partial charge is 0.231 e. The van der Waals surface area contributed by atoms with Gasteiger partial charge >= 0.3 is 0 Å². The van der Waals surface area contributed by atoms with Crippen molar-refractivity contribution >= 4 is 11.9 Å². The molecule has 0 spiro atoms. The highest BCUT2D eigenvalue weighted by molar-refractivity contribution is 6.07. The third kappa shape index (κ3) is 3.94. The maximum atomic E-state index is 12.4. The van der Waals surface area contributed by atoms with Crippen LogP contribution in [-0.4, -0.2) is 25.8 Å². The SMILES string of the molecule is CCOc1ccc(/C=C/C(=O)c2ccc3c(c2)OCO3)cc1OCC. The lowest BCUT2D eigenvalue weighted by molar-refractivity contribution is 0.104. The lowest BCUT2D eigenvalue weighted by atomic mass is 10.1. The first-order chi connectivity index (χ1) is 12.2. The summed E-state index contributed by atoms with van der Waals surface area (Å²) in [5.41, 5.74) is 1.41.